The lowest BCUT2D eigenvalue weighted by atomic mass is 10.1. The zero-order chi connectivity index (χ0) is 15.0. The van der Waals surface area contributed by atoms with Gasteiger partial charge in [0, 0.05) is 5.02 Å². The van der Waals surface area contributed by atoms with Crippen molar-refractivity contribution in [2.24, 2.45) is 10.5 Å². The van der Waals surface area contributed by atoms with Crippen molar-refractivity contribution in [3.8, 4) is 0 Å². The van der Waals surface area contributed by atoms with Crippen LogP contribution in [0.3, 0.4) is 0 Å². The van der Waals surface area contributed by atoms with E-state index in [-0.39, 0.29) is 5.91 Å². The maximum atomic E-state index is 12.0. The summed E-state index contributed by atoms with van der Waals surface area (Å²) >= 11 is 17.9. The second-order valence-corrected chi connectivity index (χ2v) is 7.00. The quantitative estimate of drug-likeness (QED) is 0.502. The van der Waals surface area contributed by atoms with E-state index in [1.807, 2.05) is 25.1 Å². The van der Waals surface area contributed by atoms with Crippen LogP contribution in [0.2, 0.25) is 5.02 Å². The number of nitrogens with one attached hydrogen (secondary N) is 1. The Kier molecular flexibility index (Phi) is 4.33. The summed E-state index contributed by atoms with van der Waals surface area (Å²) in [5.74, 6) is -0.268. The van der Waals surface area contributed by atoms with Crippen LogP contribution in [0.25, 0.3) is 0 Å². The highest BCUT2D eigenvalue weighted by atomic mass is 35.5. The van der Waals surface area contributed by atoms with E-state index in [2.05, 4.69) is 10.5 Å². The molecule has 6 heteroatoms. The van der Waals surface area contributed by atoms with Gasteiger partial charge in [-0.3, -0.25) is 4.79 Å². The lowest BCUT2D eigenvalue weighted by molar-refractivity contribution is -0.125. The normalized spacial score (nSPS) is 24.4. The van der Waals surface area contributed by atoms with Crippen LogP contribution in [0.5, 0.6) is 0 Å². The van der Waals surface area contributed by atoms with Crippen molar-refractivity contribution in [2.75, 3.05) is 0 Å². The zero-order valence-electron chi connectivity index (χ0n) is 11.2. The molecule has 1 aliphatic carbocycles. The number of carbonyl (C=O) groups excluding carboxylic acids is 1. The van der Waals surface area contributed by atoms with Gasteiger partial charge in [0.15, 0.2) is 0 Å². The van der Waals surface area contributed by atoms with Crippen molar-refractivity contribution in [2.45, 2.75) is 31.0 Å². The highest BCUT2D eigenvalue weighted by Gasteiger charge is 2.68. The number of nitrogens with zero attached hydrogens (tertiary/aromatic N) is 1. The summed E-state index contributed by atoms with van der Waals surface area (Å²) in [6.45, 7) is 3.68. The van der Waals surface area contributed by atoms with E-state index in [1.54, 1.807) is 13.0 Å². The largest absolute Gasteiger partial charge is 0.272 e. The zero-order valence-corrected chi connectivity index (χ0v) is 13.5. The van der Waals surface area contributed by atoms with E-state index < -0.39 is 9.75 Å². The van der Waals surface area contributed by atoms with E-state index in [0.717, 1.165) is 11.3 Å². The Hall–Kier alpha value is -0.770. The summed E-state index contributed by atoms with van der Waals surface area (Å²) in [5.41, 5.74) is 3.40. The van der Waals surface area contributed by atoms with Crippen LogP contribution in [0.4, 0.5) is 0 Å². The second-order valence-electron chi connectivity index (χ2n) is 5.08. The SMILES string of the molecule is CC/C(=N/NC(=O)[C@@]1(C)CC1(Cl)Cl)c1cccc(Cl)c1. The summed E-state index contributed by atoms with van der Waals surface area (Å²) in [6.07, 6.45) is 1.10. The Bertz CT molecular complexity index is 571. The third-order valence-electron chi connectivity index (χ3n) is 3.54. The number of hydrazone groups is 1. The number of benzene rings is 1. The molecule has 108 valence electrons. The van der Waals surface area contributed by atoms with E-state index in [4.69, 9.17) is 34.8 Å². The molecule has 0 aliphatic heterocycles. The molecule has 0 aromatic heterocycles. The summed E-state index contributed by atoms with van der Waals surface area (Å²) < 4.78 is -0.991. The highest BCUT2D eigenvalue weighted by molar-refractivity contribution is 6.53. The van der Waals surface area contributed by atoms with Crippen molar-refractivity contribution in [1.29, 1.82) is 0 Å². The van der Waals surface area contributed by atoms with Crippen LogP contribution in [-0.4, -0.2) is 16.0 Å². The molecule has 1 aromatic rings. The van der Waals surface area contributed by atoms with Gasteiger partial charge in [-0.1, -0.05) is 30.7 Å². The molecule has 1 saturated carbocycles. The number of rotatable bonds is 4. The molecule has 0 heterocycles. The molecule has 1 aromatic carbocycles. The van der Waals surface area contributed by atoms with Crippen molar-refractivity contribution in [3.63, 3.8) is 0 Å². The van der Waals surface area contributed by atoms with Gasteiger partial charge in [0.2, 0.25) is 5.91 Å². The molecule has 1 aliphatic rings. The van der Waals surface area contributed by atoms with Crippen LogP contribution >= 0.6 is 34.8 Å². The summed E-state index contributed by atoms with van der Waals surface area (Å²) in [5, 5.41) is 4.80. The minimum Gasteiger partial charge on any atom is -0.272 e. The van der Waals surface area contributed by atoms with Gasteiger partial charge in [-0.2, -0.15) is 5.10 Å². The van der Waals surface area contributed by atoms with Crippen molar-refractivity contribution in [1.82, 2.24) is 5.43 Å². The molecule has 2 rings (SSSR count). The van der Waals surface area contributed by atoms with Crippen molar-refractivity contribution in [3.05, 3.63) is 34.9 Å². The predicted molar refractivity (Wildman–Crippen MR) is 83.6 cm³/mol. The Morgan fingerprint density at radius 3 is 2.60 bits per heavy atom. The lowest BCUT2D eigenvalue weighted by Crippen LogP contribution is -2.30. The molecule has 1 amide bonds. The van der Waals surface area contributed by atoms with E-state index in [9.17, 15) is 4.79 Å². The molecule has 0 radical (unpaired) electrons. The average Bonchev–Trinajstić information content (AvgIpc) is 2.90. The summed E-state index contributed by atoms with van der Waals surface area (Å²) in [4.78, 5) is 12.0. The first-order valence-electron chi connectivity index (χ1n) is 6.31. The smallest absolute Gasteiger partial charge is 0.249 e. The van der Waals surface area contributed by atoms with Gasteiger partial charge in [0.05, 0.1) is 11.1 Å². The topological polar surface area (TPSA) is 41.5 Å². The maximum Gasteiger partial charge on any atom is 0.249 e. The number of hydrogen-bond acceptors (Lipinski definition) is 2. The monoisotopic (exact) mass is 332 g/mol. The van der Waals surface area contributed by atoms with Crippen LogP contribution in [-0.2, 0) is 4.79 Å². The molecule has 20 heavy (non-hydrogen) atoms. The number of hydrogen-bond donors (Lipinski definition) is 1. The molecular formula is C14H15Cl3N2O. The maximum absolute atomic E-state index is 12.0. The third kappa shape index (κ3) is 2.95. The van der Waals surface area contributed by atoms with E-state index in [0.29, 0.717) is 17.9 Å². The minimum absolute atomic E-state index is 0.268. The van der Waals surface area contributed by atoms with Gasteiger partial charge in [-0.25, -0.2) is 5.43 Å². The standard InChI is InChI=1S/C14H15Cl3N2O/c1-3-11(9-5-4-6-10(15)7-9)18-19-12(20)13(2)8-14(13,16)17/h4-7H,3,8H2,1-2H3,(H,19,20)/b18-11-/t13-/m1/s1. The van der Waals surface area contributed by atoms with Gasteiger partial charge in [0.25, 0.3) is 0 Å². The van der Waals surface area contributed by atoms with Gasteiger partial charge in [-0.05, 0) is 37.5 Å². The average molecular weight is 334 g/mol. The molecular weight excluding hydrogens is 319 g/mol. The number of amides is 1. The van der Waals surface area contributed by atoms with Crippen LogP contribution < -0.4 is 5.43 Å². The van der Waals surface area contributed by atoms with Gasteiger partial charge < -0.3 is 0 Å². The third-order valence-corrected chi connectivity index (χ3v) is 4.88. The Morgan fingerprint density at radius 1 is 1.45 bits per heavy atom. The van der Waals surface area contributed by atoms with E-state index >= 15 is 0 Å². The molecule has 0 spiro atoms. The van der Waals surface area contributed by atoms with Gasteiger partial charge >= 0.3 is 0 Å². The minimum atomic E-state index is -0.991. The first-order chi connectivity index (χ1) is 9.30. The predicted octanol–water partition coefficient (Wildman–Crippen LogP) is 4.15. The fourth-order valence-electron chi connectivity index (χ4n) is 1.90. The van der Waals surface area contributed by atoms with Gasteiger partial charge in [-0.15, -0.1) is 23.2 Å². The molecule has 0 bridgehead atoms. The first-order valence-corrected chi connectivity index (χ1v) is 7.44. The number of halogens is 3. The summed E-state index contributed by atoms with van der Waals surface area (Å²) in [6, 6.07) is 7.34. The molecule has 1 fully saturated rings. The van der Waals surface area contributed by atoms with Crippen molar-refractivity contribution < 1.29 is 4.79 Å². The first kappa shape index (κ1) is 15.6. The second kappa shape index (κ2) is 5.55. The summed E-state index contributed by atoms with van der Waals surface area (Å²) in [7, 11) is 0. The molecule has 3 nitrogen and oxygen atoms in total. The highest BCUT2D eigenvalue weighted by Crippen LogP contribution is 2.63. The Morgan fingerprint density at radius 2 is 2.10 bits per heavy atom. The number of carbonyl (C=O) groups is 1. The van der Waals surface area contributed by atoms with Crippen LogP contribution in [0.1, 0.15) is 32.3 Å². The van der Waals surface area contributed by atoms with Crippen LogP contribution in [0.15, 0.2) is 29.4 Å². The van der Waals surface area contributed by atoms with Crippen molar-refractivity contribution >= 4 is 46.4 Å². The number of alkyl halides is 2. The Balaban J connectivity index is 2.12. The molecule has 1 N–H and O–H groups in total. The Labute approximate surface area is 133 Å². The molecule has 0 saturated heterocycles. The van der Waals surface area contributed by atoms with E-state index in [1.165, 1.54) is 0 Å². The fourth-order valence-corrected chi connectivity index (χ4v) is 2.80. The molecule has 0 unspecified atom stereocenters. The fraction of sp³-hybridized carbons (Fsp3) is 0.429. The van der Waals surface area contributed by atoms with Gasteiger partial charge in [0.1, 0.15) is 4.33 Å². The van der Waals surface area contributed by atoms with Crippen LogP contribution in [0, 0.1) is 5.41 Å². The lowest BCUT2D eigenvalue weighted by Gasteiger charge is -2.11. The molecule has 1 atom stereocenters.